The Morgan fingerprint density at radius 3 is 2.76 bits per heavy atom. The molecule has 0 aliphatic rings. The second-order valence-electron chi connectivity index (χ2n) is 3.59. The number of para-hydroxylation sites is 1. The number of aromatic nitrogens is 1. The van der Waals surface area contributed by atoms with Crippen molar-refractivity contribution in [3.05, 3.63) is 50.9 Å². The lowest BCUT2D eigenvalue weighted by atomic mass is 10.2. The lowest BCUT2D eigenvalue weighted by molar-refractivity contribution is -0.389. The fourth-order valence-electron chi connectivity index (χ4n) is 1.83. The molecular weight excluding hydrogens is 224 g/mol. The van der Waals surface area contributed by atoms with Crippen LogP contribution in [0.3, 0.4) is 0 Å². The molecule has 3 rings (SSSR count). The van der Waals surface area contributed by atoms with E-state index in [-0.39, 0.29) is 11.2 Å². The number of nitro groups is 1. The van der Waals surface area contributed by atoms with Gasteiger partial charge in [0.05, 0.1) is 11.5 Å². The molecule has 84 valence electrons. The monoisotopic (exact) mass is 230 g/mol. The fourth-order valence-corrected chi connectivity index (χ4v) is 1.83. The molecule has 0 unspecified atom stereocenters. The van der Waals surface area contributed by atoms with Crippen LogP contribution in [-0.4, -0.2) is 9.91 Å². The highest BCUT2D eigenvalue weighted by Crippen LogP contribution is 2.25. The topological polar surface area (TPSA) is 89.1 Å². The van der Waals surface area contributed by atoms with Crippen LogP contribution in [0.2, 0.25) is 0 Å². The number of nitrogens with one attached hydrogen (secondary N) is 1. The molecule has 0 atom stereocenters. The number of nitrogens with zero attached hydrogens (tertiary/aromatic N) is 1. The van der Waals surface area contributed by atoms with Gasteiger partial charge in [0.2, 0.25) is 0 Å². The number of hydrogen-bond acceptors (Lipinski definition) is 4. The SMILES string of the molecule is O=c1oc2ccccc2c2[nH]c([N+](=O)[O-])cc12. The van der Waals surface area contributed by atoms with Crippen LogP contribution in [0.5, 0.6) is 0 Å². The van der Waals surface area contributed by atoms with Crippen molar-refractivity contribution in [2.75, 3.05) is 0 Å². The van der Waals surface area contributed by atoms with Crippen LogP contribution in [0, 0.1) is 10.1 Å². The van der Waals surface area contributed by atoms with Gasteiger partial charge in [0.15, 0.2) is 5.52 Å². The van der Waals surface area contributed by atoms with E-state index in [0.717, 1.165) is 0 Å². The standard InChI is InChI=1S/C11H6N2O4/c14-11-7-5-9(13(15)16)12-10(7)6-3-1-2-4-8(6)17-11/h1-5,12H. The second kappa shape index (κ2) is 3.18. The minimum atomic E-state index is -0.581. The summed E-state index contributed by atoms with van der Waals surface area (Å²) < 4.78 is 5.07. The molecule has 2 aromatic heterocycles. The molecule has 0 saturated heterocycles. The first kappa shape index (κ1) is 9.59. The Labute approximate surface area is 93.6 Å². The molecule has 17 heavy (non-hydrogen) atoms. The molecule has 3 aromatic rings. The number of fused-ring (bicyclic) bond motifs is 3. The molecule has 1 aromatic carbocycles. The summed E-state index contributed by atoms with van der Waals surface area (Å²) >= 11 is 0. The van der Waals surface area contributed by atoms with Gasteiger partial charge in [0.25, 0.3) is 0 Å². The minimum absolute atomic E-state index is 0.190. The van der Waals surface area contributed by atoms with E-state index in [1.165, 1.54) is 6.07 Å². The van der Waals surface area contributed by atoms with E-state index in [2.05, 4.69) is 4.98 Å². The van der Waals surface area contributed by atoms with Gasteiger partial charge in [0, 0.05) is 0 Å². The van der Waals surface area contributed by atoms with Crippen molar-refractivity contribution in [3.8, 4) is 0 Å². The summed E-state index contributed by atoms with van der Waals surface area (Å²) in [6.45, 7) is 0. The summed E-state index contributed by atoms with van der Waals surface area (Å²) in [6.07, 6.45) is 0. The van der Waals surface area contributed by atoms with Gasteiger partial charge in [-0.25, -0.2) is 9.78 Å². The summed E-state index contributed by atoms with van der Waals surface area (Å²) in [4.78, 5) is 24.3. The normalized spacial score (nSPS) is 11.1. The Kier molecular flexibility index (Phi) is 1.79. The number of benzene rings is 1. The van der Waals surface area contributed by atoms with Gasteiger partial charge in [-0.1, -0.05) is 12.1 Å². The van der Waals surface area contributed by atoms with Gasteiger partial charge in [-0.15, -0.1) is 0 Å². The third-order valence-electron chi connectivity index (χ3n) is 2.58. The number of aromatic amines is 1. The predicted octanol–water partition coefficient (Wildman–Crippen LogP) is 2.18. The van der Waals surface area contributed by atoms with E-state index >= 15 is 0 Å². The highest BCUT2D eigenvalue weighted by molar-refractivity contribution is 6.02. The first-order chi connectivity index (χ1) is 8.16. The Morgan fingerprint density at radius 1 is 1.24 bits per heavy atom. The van der Waals surface area contributed by atoms with Crippen LogP contribution >= 0.6 is 0 Å². The van der Waals surface area contributed by atoms with Crippen LogP contribution in [0.1, 0.15) is 0 Å². The van der Waals surface area contributed by atoms with Gasteiger partial charge in [-0.05, 0) is 17.1 Å². The van der Waals surface area contributed by atoms with E-state index in [9.17, 15) is 14.9 Å². The maximum Gasteiger partial charge on any atom is 0.348 e. The first-order valence-electron chi connectivity index (χ1n) is 4.86. The minimum Gasteiger partial charge on any atom is -0.422 e. The number of rotatable bonds is 1. The number of H-pyrrole nitrogens is 1. The summed E-state index contributed by atoms with van der Waals surface area (Å²) in [5.74, 6) is -0.219. The van der Waals surface area contributed by atoms with Crippen molar-refractivity contribution < 1.29 is 9.34 Å². The highest BCUT2D eigenvalue weighted by atomic mass is 16.6. The van der Waals surface area contributed by atoms with E-state index in [1.54, 1.807) is 24.3 Å². The van der Waals surface area contributed by atoms with Crippen molar-refractivity contribution in [3.63, 3.8) is 0 Å². The van der Waals surface area contributed by atoms with E-state index < -0.39 is 10.5 Å². The zero-order valence-corrected chi connectivity index (χ0v) is 8.47. The number of hydrogen-bond donors (Lipinski definition) is 1. The Balaban J connectivity index is 2.56. The molecule has 0 radical (unpaired) electrons. The van der Waals surface area contributed by atoms with Gasteiger partial charge >= 0.3 is 11.4 Å². The third-order valence-corrected chi connectivity index (χ3v) is 2.58. The van der Waals surface area contributed by atoms with Crippen LogP contribution in [-0.2, 0) is 0 Å². The Bertz CT molecular complexity index is 800. The molecule has 2 heterocycles. The molecule has 0 aliphatic carbocycles. The van der Waals surface area contributed by atoms with Crippen molar-refractivity contribution in [2.45, 2.75) is 0 Å². The van der Waals surface area contributed by atoms with E-state index in [1.807, 2.05) is 0 Å². The highest BCUT2D eigenvalue weighted by Gasteiger charge is 2.16. The predicted molar refractivity (Wildman–Crippen MR) is 61.0 cm³/mol. The summed E-state index contributed by atoms with van der Waals surface area (Å²) in [6, 6.07) is 8.07. The van der Waals surface area contributed by atoms with Gasteiger partial charge < -0.3 is 14.5 Å². The first-order valence-corrected chi connectivity index (χ1v) is 4.86. The average Bonchev–Trinajstić information content (AvgIpc) is 2.75. The maximum absolute atomic E-state index is 11.6. The lowest BCUT2D eigenvalue weighted by Gasteiger charge is -1.94. The molecule has 0 spiro atoms. The molecule has 6 nitrogen and oxygen atoms in total. The van der Waals surface area contributed by atoms with Crippen LogP contribution < -0.4 is 5.63 Å². The van der Waals surface area contributed by atoms with Crippen LogP contribution in [0.15, 0.2) is 39.5 Å². The smallest absolute Gasteiger partial charge is 0.348 e. The maximum atomic E-state index is 11.6. The molecule has 0 aliphatic heterocycles. The van der Waals surface area contributed by atoms with Crippen molar-refractivity contribution in [2.24, 2.45) is 0 Å². The van der Waals surface area contributed by atoms with Gasteiger partial charge in [0.1, 0.15) is 11.0 Å². The largest absolute Gasteiger partial charge is 0.422 e. The van der Waals surface area contributed by atoms with Gasteiger partial charge in [-0.3, -0.25) is 0 Å². The summed E-state index contributed by atoms with van der Waals surface area (Å²) in [5, 5.41) is 11.5. The zero-order chi connectivity index (χ0) is 12.0. The molecule has 6 heteroatoms. The zero-order valence-electron chi connectivity index (χ0n) is 8.47. The van der Waals surface area contributed by atoms with Crippen molar-refractivity contribution in [1.29, 1.82) is 0 Å². The molecule has 0 bridgehead atoms. The fraction of sp³-hybridized carbons (Fsp3) is 0. The van der Waals surface area contributed by atoms with Gasteiger partial charge in [-0.2, -0.15) is 0 Å². The Morgan fingerprint density at radius 2 is 2.00 bits per heavy atom. The quantitative estimate of drug-likeness (QED) is 0.394. The molecule has 0 amide bonds. The summed E-state index contributed by atoms with van der Waals surface area (Å²) in [7, 11) is 0. The molecule has 0 fully saturated rings. The van der Waals surface area contributed by atoms with E-state index in [4.69, 9.17) is 4.42 Å². The van der Waals surface area contributed by atoms with Crippen molar-refractivity contribution >= 4 is 27.7 Å². The van der Waals surface area contributed by atoms with E-state index in [0.29, 0.717) is 16.5 Å². The molecule has 0 saturated carbocycles. The third kappa shape index (κ3) is 1.31. The molecule has 1 N–H and O–H groups in total. The van der Waals surface area contributed by atoms with Crippen LogP contribution in [0.4, 0.5) is 5.82 Å². The van der Waals surface area contributed by atoms with Crippen molar-refractivity contribution in [1.82, 2.24) is 4.98 Å². The lowest BCUT2D eigenvalue weighted by Crippen LogP contribution is -1.97. The molecular formula is C11H6N2O4. The summed E-state index contributed by atoms with van der Waals surface area (Å²) in [5.41, 5.74) is 0.258. The second-order valence-corrected chi connectivity index (χ2v) is 3.59. The average molecular weight is 230 g/mol. The van der Waals surface area contributed by atoms with Crippen LogP contribution in [0.25, 0.3) is 21.9 Å². The Hall–Kier alpha value is -2.63.